The van der Waals surface area contributed by atoms with E-state index in [-0.39, 0.29) is 29.7 Å². The van der Waals surface area contributed by atoms with E-state index < -0.39 is 6.36 Å². The van der Waals surface area contributed by atoms with Crippen molar-refractivity contribution in [2.45, 2.75) is 45.1 Å². The molecule has 0 amide bonds. The van der Waals surface area contributed by atoms with E-state index in [0.717, 1.165) is 18.4 Å². The lowest BCUT2D eigenvalue weighted by Gasteiger charge is -2.09. The molecule has 0 bridgehead atoms. The Kier molecular flexibility index (Phi) is 7.43. The molecule has 1 fully saturated rings. The van der Waals surface area contributed by atoms with Crippen molar-refractivity contribution in [3.05, 3.63) is 29.8 Å². The third-order valence-corrected chi connectivity index (χ3v) is 3.50. The van der Waals surface area contributed by atoms with E-state index in [0.29, 0.717) is 24.5 Å². The number of hydrogen-bond donors (Lipinski definition) is 2. The zero-order valence-electron chi connectivity index (χ0n) is 12.8. The third-order valence-electron chi connectivity index (χ3n) is 3.50. The Bertz CT molecular complexity index is 520. The molecule has 23 heavy (non-hydrogen) atoms. The van der Waals surface area contributed by atoms with Crippen molar-refractivity contribution in [3.8, 4) is 5.75 Å². The highest BCUT2D eigenvalue weighted by atomic mass is 127. The molecule has 1 aromatic carbocycles. The molecule has 130 valence electrons. The normalized spacial score (nSPS) is 20.6. The number of nitrogens with two attached hydrogens (primary N) is 1. The van der Waals surface area contributed by atoms with E-state index in [1.807, 2.05) is 0 Å². The van der Waals surface area contributed by atoms with Gasteiger partial charge in [-0.3, -0.25) is 0 Å². The van der Waals surface area contributed by atoms with Crippen LogP contribution in [-0.4, -0.2) is 18.4 Å². The fourth-order valence-electron chi connectivity index (χ4n) is 2.32. The molecule has 1 aliphatic carbocycles. The summed E-state index contributed by atoms with van der Waals surface area (Å²) >= 11 is 0. The predicted molar refractivity (Wildman–Crippen MR) is 93.8 cm³/mol. The second kappa shape index (κ2) is 8.60. The molecule has 1 saturated carbocycles. The molecule has 0 aliphatic heterocycles. The molecule has 2 atom stereocenters. The van der Waals surface area contributed by atoms with Crippen LogP contribution in [0.4, 0.5) is 13.2 Å². The first-order valence-electron chi connectivity index (χ1n) is 7.28. The summed E-state index contributed by atoms with van der Waals surface area (Å²) in [6.45, 7) is 2.47. The average molecular weight is 443 g/mol. The number of alkyl halides is 3. The number of nitrogens with zero attached hydrogens (tertiary/aromatic N) is 1. The number of guanidine groups is 1. The molecule has 2 rings (SSSR count). The largest absolute Gasteiger partial charge is 0.573 e. The Labute approximate surface area is 150 Å². The second-order valence-electron chi connectivity index (χ2n) is 5.43. The molecule has 0 heterocycles. The summed E-state index contributed by atoms with van der Waals surface area (Å²) in [6.07, 6.45) is -1.21. The lowest BCUT2D eigenvalue weighted by molar-refractivity contribution is -0.274. The minimum Gasteiger partial charge on any atom is -0.406 e. The standard InChI is InChI=1S/C15H20F3N3O.HI/c1-2-3-11-8-13(11)21-14(19)20-9-10-4-6-12(7-5-10)22-15(16,17)18;/h4-7,11,13H,2-3,8-9H2,1H3,(H3,19,20,21);1H. The van der Waals surface area contributed by atoms with E-state index in [1.165, 1.54) is 30.7 Å². The summed E-state index contributed by atoms with van der Waals surface area (Å²) < 4.78 is 39.9. The van der Waals surface area contributed by atoms with Crippen molar-refractivity contribution in [2.24, 2.45) is 16.6 Å². The van der Waals surface area contributed by atoms with Crippen LogP contribution >= 0.6 is 24.0 Å². The molecule has 3 N–H and O–H groups in total. The number of rotatable bonds is 6. The van der Waals surface area contributed by atoms with Crippen molar-refractivity contribution < 1.29 is 17.9 Å². The van der Waals surface area contributed by atoms with E-state index in [2.05, 4.69) is 22.0 Å². The van der Waals surface area contributed by atoms with Crippen LogP contribution in [-0.2, 0) is 6.54 Å². The van der Waals surface area contributed by atoms with Gasteiger partial charge < -0.3 is 15.8 Å². The zero-order valence-corrected chi connectivity index (χ0v) is 15.1. The molecule has 0 aromatic heterocycles. The number of benzene rings is 1. The lowest BCUT2D eigenvalue weighted by Crippen LogP contribution is -2.34. The number of aliphatic imine (C=N–C) groups is 1. The van der Waals surface area contributed by atoms with Crippen molar-refractivity contribution in [1.29, 1.82) is 0 Å². The first-order chi connectivity index (χ1) is 10.4. The lowest BCUT2D eigenvalue weighted by atomic mass is 10.2. The summed E-state index contributed by atoms with van der Waals surface area (Å²) in [5, 5.41) is 3.16. The first kappa shape index (κ1) is 19.9. The van der Waals surface area contributed by atoms with Gasteiger partial charge in [0.25, 0.3) is 0 Å². The topological polar surface area (TPSA) is 59.6 Å². The van der Waals surface area contributed by atoms with Crippen molar-refractivity contribution in [2.75, 3.05) is 0 Å². The van der Waals surface area contributed by atoms with Gasteiger partial charge in [0.15, 0.2) is 5.96 Å². The van der Waals surface area contributed by atoms with E-state index >= 15 is 0 Å². The summed E-state index contributed by atoms with van der Waals surface area (Å²) in [4.78, 5) is 4.19. The minimum absolute atomic E-state index is 0. The quantitative estimate of drug-likeness (QED) is 0.400. The summed E-state index contributed by atoms with van der Waals surface area (Å²) in [7, 11) is 0. The monoisotopic (exact) mass is 443 g/mol. The molecule has 1 aromatic rings. The first-order valence-corrected chi connectivity index (χ1v) is 7.28. The molecule has 4 nitrogen and oxygen atoms in total. The number of ether oxygens (including phenoxy) is 1. The Hall–Kier alpha value is -1.19. The fraction of sp³-hybridized carbons (Fsp3) is 0.533. The maximum Gasteiger partial charge on any atom is 0.573 e. The molecular weight excluding hydrogens is 422 g/mol. The Balaban J connectivity index is 0.00000264. The molecule has 0 saturated heterocycles. The fourth-order valence-corrected chi connectivity index (χ4v) is 2.32. The molecular formula is C15H21F3IN3O. The van der Waals surface area contributed by atoms with Crippen LogP contribution in [0.15, 0.2) is 29.3 Å². The smallest absolute Gasteiger partial charge is 0.406 e. The highest BCUT2D eigenvalue weighted by Gasteiger charge is 2.36. The Morgan fingerprint density at radius 3 is 2.57 bits per heavy atom. The van der Waals surface area contributed by atoms with Crippen LogP contribution < -0.4 is 15.8 Å². The average Bonchev–Trinajstić information content (AvgIpc) is 3.14. The van der Waals surface area contributed by atoms with Gasteiger partial charge in [-0.05, 0) is 36.5 Å². The van der Waals surface area contributed by atoms with Gasteiger partial charge in [0, 0.05) is 6.04 Å². The van der Waals surface area contributed by atoms with Gasteiger partial charge in [-0.2, -0.15) is 0 Å². The zero-order chi connectivity index (χ0) is 16.2. The van der Waals surface area contributed by atoms with Crippen molar-refractivity contribution >= 4 is 29.9 Å². The summed E-state index contributed by atoms with van der Waals surface area (Å²) in [6, 6.07) is 6.01. The minimum atomic E-state index is -4.67. The highest BCUT2D eigenvalue weighted by molar-refractivity contribution is 14.0. The molecule has 0 radical (unpaired) electrons. The molecule has 1 aliphatic rings. The number of halogens is 4. The van der Waals surface area contributed by atoms with Crippen LogP contribution in [0.3, 0.4) is 0 Å². The maximum atomic E-state index is 12.0. The van der Waals surface area contributed by atoms with Gasteiger partial charge in [-0.1, -0.05) is 25.5 Å². The van der Waals surface area contributed by atoms with Crippen molar-refractivity contribution in [1.82, 2.24) is 5.32 Å². The van der Waals surface area contributed by atoms with Gasteiger partial charge in [-0.25, -0.2) is 4.99 Å². The van der Waals surface area contributed by atoms with Gasteiger partial charge in [0.05, 0.1) is 6.54 Å². The molecule has 0 spiro atoms. The Morgan fingerprint density at radius 2 is 2.00 bits per heavy atom. The third kappa shape index (κ3) is 7.28. The van der Waals surface area contributed by atoms with E-state index in [9.17, 15) is 13.2 Å². The molecule has 8 heteroatoms. The van der Waals surface area contributed by atoms with E-state index in [4.69, 9.17) is 5.73 Å². The van der Waals surface area contributed by atoms with Gasteiger partial charge in [0.1, 0.15) is 5.75 Å². The van der Waals surface area contributed by atoms with Crippen molar-refractivity contribution in [3.63, 3.8) is 0 Å². The highest BCUT2D eigenvalue weighted by Crippen LogP contribution is 2.34. The SMILES string of the molecule is CCCC1CC1NC(N)=NCc1ccc(OC(F)(F)F)cc1.I. The summed E-state index contributed by atoms with van der Waals surface area (Å²) in [5.41, 5.74) is 6.56. The van der Waals surface area contributed by atoms with Gasteiger partial charge in [-0.15, -0.1) is 37.1 Å². The van der Waals surface area contributed by atoms with E-state index in [1.54, 1.807) is 0 Å². The number of nitrogens with one attached hydrogen (secondary N) is 1. The summed E-state index contributed by atoms with van der Waals surface area (Å²) in [5.74, 6) is 0.809. The van der Waals surface area contributed by atoms with Crippen LogP contribution in [0.5, 0.6) is 5.75 Å². The second-order valence-corrected chi connectivity index (χ2v) is 5.43. The Morgan fingerprint density at radius 1 is 1.35 bits per heavy atom. The molecule has 2 unspecified atom stereocenters. The predicted octanol–water partition coefficient (Wildman–Crippen LogP) is 3.80. The van der Waals surface area contributed by atoms with Crippen LogP contribution in [0.1, 0.15) is 31.7 Å². The van der Waals surface area contributed by atoms with Crippen LogP contribution in [0.2, 0.25) is 0 Å². The van der Waals surface area contributed by atoms with Crippen LogP contribution in [0.25, 0.3) is 0 Å². The van der Waals surface area contributed by atoms with Gasteiger partial charge in [0.2, 0.25) is 0 Å². The van der Waals surface area contributed by atoms with Crippen LogP contribution in [0, 0.1) is 5.92 Å². The number of hydrogen-bond acceptors (Lipinski definition) is 2. The van der Waals surface area contributed by atoms with Gasteiger partial charge >= 0.3 is 6.36 Å². The maximum absolute atomic E-state index is 12.0.